The Balaban J connectivity index is 3.15. The first kappa shape index (κ1) is 10.4. The van der Waals surface area contributed by atoms with Gasteiger partial charge < -0.3 is 10.8 Å². The molecule has 72 valence electrons. The smallest absolute Gasteiger partial charge is 0.160 e. The SMILES string of the molecule is NCC(O)c1cc(F)c(F)cc1Cl. The molecule has 13 heavy (non-hydrogen) atoms. The molecule has 1 unspecified atom stereocenters. The molecule has 1 rings (SSSR count). The topological polar surface area (TPSA) is 46.2 Å². The van der Waals surface area contributed by atoms with Gasteiger partial charge in [0, 0.05) is 17.1 Å². The van der Waals surface area contributed by atoms with E-state index < -0.39 is 17.7 Å². The van der Waals surface area contributed by atoms with Gasteiger partial charge in [-0.25, -0.2) is 8.78 Å². The van der Waals surface area contributed by atoms with E-state index in [4.69, 9.17) is 17.3 Å². The van der Waals surface area contributed by atoms with E-state index in [9.17, 15) is 13.9 Å². The van der Waals surface area contributed by atoms with E-state index in [-0.39, 0.29) is 17.1 Å². The van der Waals surface area contributed by atoms with Crippen molar-refractivity contribution in [3.05, 3.63) is 34.4 Å². The van der Waals surface area contributed by atoms with Gasteiger partial charge in [0.15, 0.2) is 11.6 Å². The molecule has 0 bridgehead atoms. The number of hydrogen-bond acceptors (Lipinski definition) is 2. The summed E-state index contributed by atoms with van der Waals surface area (Å²) in [4.78, 5) is 0. The largest absolute Gasteiger partial charge is 0.387 e. The first-order valence-electron chi connectivity index (χ1n) is 3.59. The molecule has 0 heterocycles. The van der Waals surface area contributed by atoms with Crippen molar-refractivity contribution in [2.75, 3.05) is 6.54 Å². The number of halogens is 3. The van der Waals surface area contributed by atoms with Crippen molar-refractivity contribution in [1.29, 1.82) is 0 Å². The summed E-state index contributed by atoms with van der Waals surface area (Å²) in [6.45, 7) is -0.0925. The van der Waals surface area contributed by atoms with E-state index in [2.05, 4.69) is 0 Å². The number of hydrogen-bond donors (Lipinski definition) is 2. The molecule has 3 N–H and O–H groups in total. The summed E-state index contributed by atoms with van der Waals surface area (Å²) < 4.78 is 25.2. The van der Waals surface area contributed by atoms with Gasteiger partial charge in [-0.15, -0.1) is 0 Å². The van der Waals surface area contributed by atoms with E-state index in [1.165, 1.54) is 0 Å². The third kappa shape index (κ3) is 2.15. The second-order valence-corrected chi connectivity index (χ2v) is 2.95. The van der Waals surface area contributed by atoms with Gasteiger partial charge in [0.25, 0.3) is 0 Å². The lowest BCUT2D eigenvalue weighted by atomic mass is 10.1. The van der Waals surface area contributed by atoms with Crippen molar-refractivity contribution in [2.24, 2.45) is 5.73 Å². The monoisotopic (exact) mass is 207 g/mol. The lowest BCUT2D eigenvalue weighted by Crippen LogP contribution is -2.12. The molecule has 2 nitrogen and oxygen atoms in total. The molecule has 0 spiro atoms. The molecule has 1 aromatic rings. The summed E-state index contributed by atoms with van der Waals surface area (Å²) in [6.07, 6.45) is -1.07. The average molecular weight is 208 g/mol. The molecule has 0 radical (unpaired) electrons. The average Bonchev–Trinajstić information content (AvgIpc) is 2.10. The van der Waals surface area contributed by atoms with Crippen LogP contribution < -0.4 is 5.73 Å². The molecular formula is C8H8ClF2NO. The van der Waals surface area contributed by atoms with Crippen LogP contribution in [0.5, 0.6) is 0 Å². The van der Waals surface area contributed by atoms with Crippen LogP contribution >= 0.6 is 11.6 Å². The van der Waals surface area contributed by atoms with Gasteiger partial charge in [-0.3, -0.25) is 0 Å². The number of benzene rings is 1. The fourth-order valence-corrected chi connectivity index (χ4v) is 1.20. The minimum absolute atomic E-state index is 0.0307. The first-order chi connectivity index (χ1) is 6.06. The van der Waals surface area contributed by atoms with Gasteiger partial charge in [0.2, 0.25) is 0 Å². The Morgan fingerprint density at radius 3 is 2.46 bits per heavy atom. The molecule has 1 atom stereocenters. The molecule has 0 aliphatic carbocycles. The molecule has 0 aromatic heterocycles. The lowest BCUT2D eigenvalue weighted by Gasteiger charge is -2.10. The van der Waals surface area contributed by atoms with E-state index in [0.29, 0.717) is 0 Å². The van der Waals surface area contributed by atoms with Crippen LogP contribution in [0.4, 0.5) is 8.78 Å². The summed E-state index contributed by atoms with van der Waals surface area (Å²) in [5.74, 6) is -2.09. The molecule has 0 amide bonds. The fourth-order valence-electron chi connectivity index (χ4n) is 0.920. The maximum atomic E-state index is 12.7. The lowest BCUT2D eigenvalue weighted by molar-refractivity contribution is 0.186. The maximum Gasteiger partial charge on any atom is 0.160 e. The Labute approximate surface area is 78.9 Å². The molecule has 0 fully saturated rings. The van der Waals surface area contributed by atoms with E-state index >= 15 is 0 Å². The number of aliphatic hydroxyl groups is 1. The Kier molecular flexibility index (Phi) is 3.19. The van der Waals surface area contributed by atoms with Gasteiger partial charge in [-0.2, -0.15) is 0 Å². The Bertz CT molecular complexity index is 319. The highest BCUT2D eigenvalue weighted by Gasteiger charge is 2.13. The van der Waals surface area contributed by atoms with Crippen LogP contribution in [-0.2, 0) is 0 Å². The standard InChI is InChI=1S/C8H8ClF2NO/c9-5-2-7(11)6(10)1-4(5)8(13)3-12/h1-2,8,13H,3,12H2. The summed E-state index contributed by atoms with van der Waals surface area (Å²) in [5, 5.41) is 9.20. The summed E-state index contributed by atoms with van der Waals surface area (Å²) >= 11 is 5.55. The zero-order chi connectivity index (χ0) is 10.0. The molecule has 0 aliphatic rings. The second-order valence-electron chi connectivity index (χ2n) is 2.54. The van der Waals surface area contributed by atoms with Crippen LogP contribution in [0.15, 0.2) is 12.1 Å². The number of aliphatic hydroxyl groups excluding tert-OH is 1. The minimum atomic E-state index is -1.07. The summed E-state index contributed by atoms with van der Waals surface area (Å²) in [7, 11) is 0. The minimum Gasteiger partial charge on any atom is -0.387 e. The summed E-state index contributed by atoms with van der Waals surface area (Å²) in [5.41, 5.74) is 5.24. The van der Waals surface area contributed by atoms with Crippen LogP contribution in [-0.4, -0.2) is 11.7 Å². The number of nitrogens with two attached hydrogens (primary N) is 1. The molecule has 5 heteroatoms. The van der Waals surface area contributed by atoms with Gasteiger partial charge in [0.05, 0.1) is 6.10 Å². The molecule has 0 aliphatic heterocycles. The first-order valence-corrected chi connectivity index (χ1v) is 3.96. The third-order valence-corrected chi connectivity index (χ3v) is 1.95. The highest BCUT2D eigenvalue weighted by Crippen LogP contribution is 2.24. The van der Waals surface area contributed by atoms with Crippen molar-refractivity contribution in [3.8, 4) is 0 Å². The van der Waals surface area contributed by atoms with Gasteiger partial charge in [-0.1, -0.05) is 11.6 Å². The van der Waals surface area contributed by atoms with E-state index in [1.807, 2.05) is 0 Å². The highest BCUT2D eigenvalue weighted by molar-refractivity contribution is 6.31. The van der Waals surface area contributed by atoms with Crippen molar-refractivity contribution in [2.45, 2.75) is 6.10 Å². The van der Waals surface area contributed by atoms with Gasteiger partial charge in [0.1, 0.15) is 0 Å². The predicted octanol–water partition coefficient (Wildman–Crippen LogP) is 1.61. The Hall–Kier alpha value is -0.710. The zero-order valence-electron chi connectivity index (χ0n) is 6.60. The number of rotatable bonds is 2. The zero-order valence-corrected chi connectivity index (χ0v) is 7.35. The second kappa shape index (κ2) is 4.00. The van der Waals surface area contributed by atoms with Crippen molar-refractivity contribution >= 4 is 11.6 Å². The van der Waals surface area contributed by atoms with Crippen LogP contribution in [0.1, 0.15) is 11.7 Å². The van der Waals surface area contributed by atoms with E-state index in [0.717, 1.165) is 12.1 Å². The van der Waals surface area contributed by atoms with Crippen LogP contribution in [0.3, 0.4) is 0 Å². The quantitative estimate of drug-likeness (QED) is 0.724. The molecular weight excluding hydrogens is 200 g/mol. The highest BCUT2D eigenvalue weighted by atomic mass is 35.5. The van der Waals surface area contributed by atoms with Crippen LogP contribution in [0.25, 0.3) is 0 Å². The van der Waals surface area contributed by atoms with Crippen molar-refractivity contribution in [3.63, 3.8) is 0 Å². The maximum absolute atomic E-state index is 12.7. The molecule has 1 aromatic carbocycles. The molecule has 0 saturated heterocycles. The van der Waals surface area contributed by atoms with Gasteiger partial charge >= 0.3 is 0 Å². The van der Waals surface area contributed by atoms with Crippen molar-refractivity contribution in [1.82, 2.24) is 0 Å². The Morgan fingerprint density at radius 2 is 1.92 bits per heavy atom. The summed E-state index contributed by atoms with van der Waals surface area (Å²) in [6, 6.07) is 1.65. The van der Waals surface area contributed by atoms with Crippen LogP contribution in [0.2, 0.25) is 5.02 Å². The van der Waals surface area contributed by atoms with Gasteiger partial charge in [-0.05, 0) is 12.1 Å². The third-order valence-electron chi connectivity index (χ3n) is 1.62. The van der Waals surface area contributed by atoms with E-state index in [1.54, 1.807) is 0 Å². The predicted molar refractivity (Wildman–Crippen MR) is 45.4 cm³/mol. The van der Waals surface area contributed by atoms with Crippen LogP contribution in [0, 0.1) is 11.6 Å². The Morgan fingerprint density at radius 1 is 1.38 bits per heavy atom. The van der Waals surface area contributed by atoms with Crippen molar-refractivity contribution < 1.29 is 13.9 Å². The fraction of sp³-hybridized carbons (Fsp3) is 0.250. The normalized spacial score (nSPS) is 13.0. The molecule has 0 saturated carbocycles.